The highest BCUT2D eigenvalue weighted by Crippen LogP contribution is 2.39. The van der Waals surface area contributed by atoms with Gasteiger partial charge in [0.25, 0.3) is 0 Å². The highest BCUT2D eigenvalue weighted by atomic mass is 16.5. The van der Waals surface area contributed by atoms with Gasteiger partial charge in [0.15, 0.2) is 0 Å². The van der Waals surface area contributed by atoms with E-state index in [-0.39, 0.29) is 12.3 Å². The Morgan fingerprint density at radius 3 is 2.94 bits per heavy atom. The molecule has 4 atom stereocenters. The maximum atomic E-state index is 6.09. The fourth-order valence-corrected chi connectivity index (χ4v) is 3.18. The lowest BCUT2D eigenvalue weighted by molar-refractivity contribution is 0.0772. The van der Waals surface area contributed by atoms with Crippen LogP contribution in [0.25, 0.3) is 0 Å². The highest BCUT2D eigenvalue weighted by Gasteiger charge is 2.45. The summed E-state index contributed by atoms with van der Waals surface area (Å²) in [6.45, 7) is 0.836. The van der Waals surface area contributed by atoms with Crippen LogP contribution in [0.5, 0.6) is 0 Å². The largest absolute Gasteiger partial charge is 0.501 e. The minimum Gasteiger partial charge on any atom is -0.501 e. The molecule has 2 aliphatic heterocycles. The van der Waals surface area contributed by atoms with Crippen LogP contribution in [0.15, 0.2) is 23.1 Å². The van der Waals surface area contributed by atoms with Crippen molar-refractivity contribution in [1.29, 1.82) is 0 Å². The number of fused-ring (bicyclic) bond motifs is 2. The number of nitrogens with two attached hydrogens (primary N) is 1. The molecule has 0 aromatic carbocycles. The molecule has 17 heavy (non-hydrogen) atoms. The molecule has 4 unspecified atom stereocenters. The monoisotopic (exact) mass is 237 g/mol. The van der Waals surface area contributed by atoms with Crippen molar-refractivity contribution in [1.82, 2.24) is 10.6 Å². The second-order valence-corrected chi connectivity index (χ2v) is 4.81. The third kappa shape index (κ3) is 1.57. The molecule has 0 aromatic rings. The Balaban J connectivity index is 1.90. The standard InChI is InChI=1S/C12H19N3O2/c1-16-6-3-7-10-8(5-14-12(10)13)15-11(7)9(4-6)17-2/h4,7,9,11-12,14-15H,3,5,13H2,1-2H3. The molecule has 4 N–H and O–H groups in total. The van der Waals surface area contributed by atoms with Crippen LogP contribution in [0.3, 0.4) is 0 Å². The lowest BCUT2D eigenvalue weighted by Crippen LogP contribution is -2.48. The molecule has 0 saturated carbocycles. The third-order valence-corrected chi connectivity index (χ3v) is 4.02. The molecule has 5 heteroatoms. The van der Waals surface area contributed by atoms with Crippen LogP contribution in [-0.4, -0.2) is 39.1 Å². The van der Waals surface area contributed by atoms with Gasteiger partial charge < -0.3 is 20.5 Å². The summed E-state index contributed by atoms with van der Waals surface area (Å²) in [6.07, 6.45) is 3.00. The quantitative estimate of drug-likeness (QED) is 0.613. The number of allylic oxidation sites excluding steroid dienone is 1. The number of ether oxygens (including phenoxy) is 2. The fraction of sp³-hybridized carbons (Fsp3) is 0.667. The summed E-state index contributed by atoms with van der Waals surface area (Å²) in [7, 11) is 3.45. The van der Waals surface area contributed by atoms with Crippen molar-refractivity contribution in [3.8, 4) is 0 Å². The Kier molecular flexibility index (Phi) is 2.61. The third-order valence-electron chi connectivity index (χ3n) is 4.02. The van der Waals surface area contributed by atoms with Crippen molar-refractivity contribution in [2.45, 2.75) is 24.7 Å². The molecule has 1 aliphatic carbocycles. The van der Waals surface area contributed by atoms with Crippen LogP contribution in [0, 0.1) is 5.92 Å². The van der Waals surface area contributed by atoms with Crippen molar-refractivity contribution >= 4 is 0 Å². The number of nitrogens with one attached hydrogen (secondary N) is 2. The molecule has 3 rings (SSSR count). The first kappa shape index (κ1) is 11.1. The van der Waals surface area contributed by atoms with E-state index in [4.69, 9.17) is 15.2 Å². The average Bonchev–Trinajstić information content (AvgIpc) is 2.88. The molecule has 3 aliphatic rings. The summed E-state index contributed by atoms with van der Waals surface area (Å²) in [6, 6.07) is 0.303. The van der Waals surface area contributed by atoms with Crippen LogP contribution < -0.4 is 16.4 Å². The molecule has 0 bridgehead atoms. The van der Waals surface area contributed by atoms with Crippen molar-refractivity contribution < 1.29 is 9.47 Å². The molecule has 0 saturated heterocycles. The Labute approximate surface area is 101 Å². The van der Waals surface area contributed by atoms with Gasteiger partial charge in [0.05, 0.1) is 31.2 Å². The number of hydrogen-bond acceptors (Lipinski definition) is 5. The Bertz CT molecular complexity index is 391. The van der Waals surface area contributed by atoms with Crippen molar-refractivity contribution in [2.24, 2.45) is 11.7 Å². The summed E-state index contributed by atoms with van der Waals surface area (Å²) in [5.41, 5.74) is 8.65. The van der Waals surface area contributed by atoms with Gasteiger partial charge in [0.2, 0.25) is 0 Å². The van der Waals surface area contributed by atoms with Gasteiger partial charge in [-0.05, 0) is 11.6 Å². The second kappa shape index (κ2) is 4.01. The number of methoxy groups -OCH3 is 2. The van der Waals surface area contributed by atoms with E-state index in [2.05, 4.69) is 16.7 Å². The Hall–Kier alpha value is -1.04. The predicted octanol–water partition coefficient (Wildman–Crippen LogP) is -0.334. The molecule has 2 heterocycles. The molecule has 5 nitrogen and oxygen atoms in total. The summed E-state index contributed by atoms with van der Waals surface area (Å²) in [5.74, 6) is 1.38. The van der Waals surface area contributed by atoms with Crippen molar-refractivity contribution in [3.05, 3.63) is 23.1 Å². The summed E-state index contributed by atoms with van der Waals surface area (Å²) < 4.78 is 10.9. The van der Waals surface area contributed by atoms with Crippen LogP contribution in [-0.2, 0) is 9.47 Å². The lowest BCUT2D eigenvalue weighted by Gasteiger charge is -2.34. The molecule has 94 valence electrons. The van der Waals surface area contributed by atoms with Gasteiger partial charge in [0, 0.05) is 31.7 Å². The van der Waals surface area contributed by atoms with Gasteiger partial charge in [-0.3, -0.25) is 5.32 Å². The highest BCUT2D eigenvalue weighted by molar-refractivity contribution is 5.37. The van der Waals surface area contributed by atoms with Crippen LogP contribution >= 0.6 is 0 Å². The van der Waals surface area contributed by atoms with Gasteiger partial charge in [-0.15, -0.1) is 0 Å². The summed E-state index contributed by atoms with van der Waals surface area (Å²) in [5, 5.41) is 6.80. The summed E-state index contributed by atoms with van der Waals surface area (Å²) >= 11 is 0. The zero-order valence-electron chi connectivity index (χ0n) is 10.2. The van der Waals surface area contributed by atoms with Crippen molar-refractivity contribution in [3.63, 3.8) is 0 Å². The first-order chi connectivity index (χ1) is 8.24. The molecular weight excluding hydrogens is 218 g/mol. The molecule has 0 amide bonds. The Morgan fingerprint density at radius 2 is 2.24 bits per heavy atom. The van der Waals surface area contributed by atoms with Crippen LogP contribution in [0.1, 0.15) is 6.42 Å². The SMILES string of the molecule is COC1=CC(OC)C2NC3=C(C(N)NC3)C2C1. The maximum Gasteiger partial charge on any atom is 0.0993 e. The maximum absolute atomic E-state index is 6.09. The first-order valence-corrected chi connectivity index (χ1v) is 6.00. The number of hydrogen-bond donors (Lipinski definition) is 3. The smallest absolute Gasteiger partial charge is 0.0993 e. The van der Waals surface area contributed by atoms with E-state index in [0.29, 0.717) is 12.0 Å². The normalized spacial score (nSPS) is 39.6. The van der Waals surface area contributed by atoms with E-state index in [1.165, 1.54) is 11.3 Å². The van der Waals surface area contributed by atoms with Gasteiger partial charge in [-0.2, -0.15) is 0 Å². The van der Waals surface area contributed by atoms with E-state index in [0.717, 1.165) is 18.7 Å². The molecular formula is C12H19N3O2. The fourth-order valence-electron chi connectivity index (χ4n) is 3.18. The Morgan fingerprint density at radius 1 is 1.41 bits per heavy atom. The van der Waals surface area contributed by atoms with Crippen molar-refractivity contribution in [2.75, 3.05) is 20.8 Å². The van der Waals surface area contributed by atoms with Gasteiger partial charge in [-0.25, -0.2) is 0 Å². The number of rotatable bonds is 2. The second-order valence-electron chi connectivity index (χ2n) is 4.81. The molecule has 0 aromatic heterocycles. The average molecular weight is 237 g/mol. The van der Waals surface area contributed by atoms with E-state index in [1.54, 1.807) is 14.2 Å². The van der Waals surface area contributed by atoms with Gasteiger partial charge in [-0.1, -0.05) is 0 Å². The van der Waals surface area contributed by atoms with Crippen LogP contribution in [0.4, 0.5) is 0 Å². The lowest BCUT2D eigenvalue weighted by atomic mass is 9.82. The topological polar surface area (TPSA) is 68.5 Å². The zero-order valence-corrected chi connectivity index (χ0v) is 10.2. The predicted molar refractivity (Wildman–Crippen MR) is 63.9 cm³/mol. The summed E-state index contributed by atoms with van der Waals surface area (Å²) in [4.78, 5) is 0. The van der Waals surface area contributed by atoms with Gasteiger partial charge in [0.1, 0.15) is 0 Å². The zero-order chi connectivity index (χ0) is 12.0. The molecule has 0 radical (unpaired) electrons. The first-order valence-electron chi connectivity index (χ1n) is 6.00. The molecule has 0 spiro atoms. The van der Waals surface area contributed by atoms with E-state index >= 15 is 0 Å². The molecule has 0 fully saturated rings. The van der Waals surface area contributed by atoms with Gasteiger partial charge >= 0.3 is 0 Å². The van der Waals surface area contributed by atoms with E-state index < -0.39 is 0 Å². The minimum atomic E-state index is -0.0267. The minimum absolute atomic E-state index is 0.0267. The van der Waals surface area contributed by atoms with E-state index in [1.807, 2.05) is 0 Å². The van der Waals surface area contributed by atoms with E-state index in [9.17, 15) is 0 Å². The van der Waals surface area contributed by atoms with Crippen LogP contribution in [0.2, 0.25) is 0 Å².